The lowest BCUT2D eigenvalue weighted by atomic mass is 10.1. The summed E-state index contributed by atoms with van der Waals surface area (Å²) in [6, 6.07) is 0.214. The van der Waals surface area contributed by atoms with Crippen molar-refractivity contribution in [2.24, 2.45) is 12.8 Å². The van der Waals surface area contributed by atoms with Gasteiger partial charge in [0.15, 0.2) is 0 Å². The summed E-state index contributed by atoms with van der Waals surface area (Å²) < 4.78 is 3.12. The number of aryl methyl sites for hydroxylation is 2. The van der Waals surface area contributed by atoms with E-state index in [9.17, 15) is 4.79 Å². The van der Waals surface area contributed by atoms with Crippen LogP contribution in [-0.2, 0) is 20.0 Å². The van der Waals surface area contributed by atoms with E-state index in [1.807, 2.05) is 0 Å². The highest BCUT2D eigenvalue weighted by molar-refractivity contribution is 4.91. The summed E-state index contributed by atoms with van der Waals surface area (Å²) >= 11 is 0. The van der Waals surface area contributed by atoms with Gasteiger partial charge < -0.3 is 5.73 Å². The summed E-state index contributed by atoms with van der Waals surface area (Å²) in [5.41, 5.74) is 5.79. The maximum Gasteiger partial charge on any atom is 0.345 e. The van der Waals surface area contributed by atoms with Gasteiger partial charge in [0.2, 0.25) is 0 Å². The third-order valence-electron chi connectivity index (χ3n) is 2.55. The van der Waals surface area contributed by atoms with Crippen LogP contribution in [0.25, 0.3) is 0 Å². The minimum Gasteiger partial charge on any atom is -0.328 e. The van der Waals surface area contributed by atoms with E-state index in [0.29, 0.717) is 6.54 Å². The van der Waals surface area contributed by atoms with Crippen molar-refractivity contribution in [1.82, 2.24) is 14.3 Å². The molecule has 1 aliphatic rings. The summed E-state index contributed by atoms with van der Waals surface area (Å²) in [4.78, 5) is 11.5. The first-order valence-electron chi connectivity index (χ1n) is 4.57. The molecule has 1 aromatic rings. The Balaban J connectivity index is 2.40. The maximum atomic E-state index is 11.5. The molecule has 1 aromatic heterocycles. The number of aromatic nitrogens is 3. The van der Waals surface area contributed by atoms with E-state index < -0.39 is 0 Å². The van der Waals surface area contributed by atoms with Crippen LogP contribution in [0, 0.1) is 0 Å². The molecule has 5 nitrogen and oxygen atoms in total. The molecule has 0 spiro atoms. The zero-order valence-electron chi connectivity index (χ0n) is 7.73. The Labute approximate surface area is 76.2 Å². The van der Waals surface area contributed by atoms with E-state index in [1.54, 1.807) is 11.6 Å². The van der Waals surface area contributed by atoms with Crippen LogP contribution in [0.3, 0.4) is 0 Å². The van der Waals surface area contributed by atoms with Gasteiger partial charge in [-0.3, -0.25) is 4.57 Å². The fourth-order valence-corrected chi connectivity index (χ4v) is 1.72. The van der Waals surface area contributed by atoms with Gasteiger partial charge in [0.25, 0.3) is 0 Å². The standard InChI is InChI=1S/C8H14N4O/c1-11-8(13)12-5-4-6(9)2-3-7(12)10-11/h6H,2-5,9H2,1H3/t6-/m0/s1. The minimum atomic E-state index is -0.0240. The third-order valence-corrected chi connectivity index (χ3v) is 2.55. The van der Waals surface area contributed by atoms with Crippen molar-refractivity contribution in [3.63, 3.8) is 0 Å². The molecule has 2 rings (SSSR count). The van der Waals surface area contributed by atoms with Crippen molar-refractivity contribution in [2.45, 2.75) is 31.8 Å². The van der Waals surface area contributed by atoms with E-state index in [0.717, 1.165) is 25.1 Å². The lowest BCUT2D eigenvalue weighted by Crippen LogP contribution is -2.25. The Morgan fingerprint density at radius 3 is 3.08 bits per heavy atom. The number of nitrogens with two attached hydrogens (primary N) is 1. The first-order chi connectivity index (χ1) is 6.18. The first-order valence-corrected chi connectivity index (χ1v) is 4.57. The predicted molar refractivity (Wildman–Crippen MR) is 48.4 cm³/mol. The Morgan fingerprint density at radius 1 is 1.54 bits per heavy atom. The van der Waals surface area contributed by atoms with Gasteiger partial charge in [-0.15, -0.1) is 0 Å². The lowest BCUT2D eigenvalue weighted by molar-refractivity contribution is 0.538. The van der Waals surface area contributed by atoms with Crippen LogP contribution in [0.5, 0.6) is 0 Å². The van der Waals surface area contributed by atoms with E-state index in [-0.39, 0.29) is 11.7 Å². The molecular formula is C8H14N4O. The quantitative estimate of drug-likeness (QED) is 0.574. The van der Waals surface area contributed by atoms with Gasteiger partial charge in [-0.2, -0.15) is 5.10 Å². The average molecular weight is 182 g/mol. The van der Waals surface area contributed by atoms with Crippen LogP contribution in [0.4, 0.5) is 0 Å². The summed E-state index contributed by atoms with van der Waals surface area (Å²) in [7, 11) is 1.68. The molecule has 0 bridgehead atoms. The van der Waals surface area contributed by atoms with E-state index >= 15 is 0 Å². The molecule has 72 valence electrons. The molecule has 2 heterocycles. The zero-order valence-corrected chi connectivity index (χ0v) is 7.73. The maximum absolute atomic E-state index is 11.5. The molecule has 0 amide bonds. The predicted octanol–water partition coefficient (Wildman–Crippen LogP) is -0.755. The van der Waals surface area contributed by atoms with Crippen LogP contribution < -0.4 is 11.4 Å². The third kappa shape index (κ3) is 1.39. The summed E-state index contributed by atoms with van der Waals surface area (Å²) in [5.74, 6) is 0.875. The fourth-order valence-electron chi connectivity index (χ4n) is 1.72. The molecule has 0 unspecified atom stereocenters. The fraction of sp³-hybridized carbons (Fsp3) is 0.750. The summed E-state index contributed by atoms with van der Waals surface area (Å²) in [6.45, 7) is 0.711. The number of hydrogen-bond acceptors (Lipinski definition) is 3. The van der Waals surface area contributed by atoms with E-state index in [4.69, 9.17) is 5.73 Å². The summed E-state index contributed by atoms with van der Waals surface area (Å²) in [6.07, 6.45) is 2.62. The Morgan fingerprint density at radius 2 is 2.31 bits per heavy atom. The highest BCUT2D eigenvalue weighted by atomic mass is 16.2. The second-order valence-electron chi connectivity index (χ2n) is 3.56. The second-order valence-corrected chi connectivity index (χ2v) is 3.56. The van der Waals surface area contributed by atoms with Crippen LogP contribution >= 0.6 is 0 Å². The Bertz CT molecular complexity index is 365. The molecule has 0 aromatic carbocycles. The molecule has 1 aliphatic heterocycles. The van der Waals surface area contributed by atoms with Gasteiger partial charge >= 0.3 is 5.69 Å². The molecule has 13 heavy (non-hydrogen) atoms. The second kappa shape index (κ2) is 2.99. The normalized spacial score (nSPS) is 22.5. The number of nitrogens with zero attached hydrogens (tertiary/aromatic N) is 3. The van der Waals surface area contributed by atoms with Crippen molar-refractivity contribution in [3.05, 3.63) is 16.3 Å². The van der Waals surface area contributed by atoms with Gasteiger partial charge in [0.05, 0.1) is 0 Å². The SMILES string of the molecule is Cn1nc2n(c1=O)CC[C@@H](N)CC2. The van der Waals surface area contributed by atoms with Crippen molar-refractivity contribution in [3.8, 4) is 0 Å². The topological polar surface area (TPSA) is 65.8 Å². The number of fused-ring (bicyclic) bond motifs is 1. The highest BCUT2D eigenvalue weighted by Crippen LogP contribution is 2.09. The minimum absolute atomic E-state index is 0.0240. The van der Waals surface area contributed by atoms with Gasteiger partial charge in [-0.1, -0.05) is 0 Å². The molecule has 0 radical (unpaired) electrons. The number of hydrogen-bond donors (Lipinski definition) is 1. The van der Waals surface area contributed by atoms with E-state index in [1.165, 1.54) is 4.68 Å². The van der Waals surface area contributed by atoms with Gasteiger partial charge in [-0.05, 0) is 12.8 Å². The van der Waals surface area contributed by atoms with Crippen molar-refractivity contribution >= 4 is 0 Å². The van der Waals surface area contributed by atoms with Crippen molar-refractivity contribution < 1.29 is 0 Å². The monoisotopic (exact) mass is 182 g/mol. The Hall–Kier alpha value is -1.10. The van der Waals surface area contributed by atoms with Gasteiger partial charge in [-0.25, -0.2) is 9.48 Å². The van der Waals surface area contributed by atoms with Gasteiger partial charge in [0, 0.05) is 26.1 Å². The first kappa shape index (κ1) is 8.50. The smallest absolute Gasteiger partial charge is 0.328 e. The molecule has 5 heteroatoms. The lowest BCUT2D eigenvalue weighted by Gasteiger charge is -2.04. The average Bonchev–Trinajstić information content (AvgIpc) is 2.28. The molecule has 0 saturated carbocycles. The van der Waals surface area contributed by atoms with Crippen molar-refractivity contribution in [2.75, 3.05) is 0 Å². The summed E-state index contributed by atoms with van der Waals surface area (Å²) in [5, 5.41) is 4.16. The van der Waals surface area contributed by atoms with E-state index in [2.05, 4.69) is 5.10 Å². The van der Waals surface area contributed by atoms with Crippen molar-refractivity contribution in [1.29, 1.82) is 0 Å². The largest absolute Gasteiger partial charge is 0.345 e. The highest BCUT2D eigenvalue weighted by Gasteiger charge is 2.17. The molecule has 0 aliphatic carbocycles. The molecular weight excluding hydrogens is 168 g/mol. The number of rotatable bonds is 0. The molecule has 0 saturated heterocycles. The molecule has 2 N–H and O–H groups in total. The Kier molecular flexibility index (Phi) is 1.95. The molecule has 1 atom stereocenters. The molecule has 0 fully saturated rings. The van der Waals surface area contributed by atoms with Gasteiger partial charge in [0.1, 0.15) is 5.82 Å². The van der Waals surface area contributed by atoms with Crippen LogP contribution in [0.1, 0.15) is 18.7 Å². The van der Waals surface area contributed by atoms with Crippen LogP contribution in [0.2, 0.25) is 0 Å². The van der Waals surface area contributed by atoms with Crippen LogP contribution in [-0.4, -0.2) is 20.4 Å². The zero-order chi connectivity index (χ0) is 9.42. The van der Waals surface area contributed by atoms with Crippen LogP contribution in [0.15, 0.2) is 4.79 Å².